The summed E-state index contributed by atoms with van der Waals surface area (Å²) >= 11 is 0. The second-order valence-electron chi connectivity index (χ2n) is 3.34. The molecule has 0 aliphatic carbocycles. The number of esters is 1. The molecule has 0 fully saturated rings. The second-order valence-corrected chi connectivity index (χ2v) is 4.89. The number of carbonyl (C=O) groups excluding carboxylic acids is 1. The molecular weight excluding hydrogens is 242 g/mol. The number of methoxy groups -OCH3 is 1. The summed E-state index contributed by atoms with van der Waals surface area (Å²) < 4.78 is 15.3. The highest BCUT2D eigenvalue weighted by Crippen LogP contribution is 2.02. The quantitative estimate of drug-likeness (QED) is 0.588. The summed E-state index contributed by atoms with van der Waals surface area (Å²) in [4.78, 5) is 19.0. The first-order valence-electron chi connectivity index (χ1n) is 5.07. The Morgan fingerprint density at radius 3 is 2.76 bits per heavy atom. The predicted octanol–water partition coefficient (Wildman–Crippen LogP) is 0.444. The molecule has 0 saturated heterocycles. The van der Waals surface area contributed by atoms with Gasteiger partial charge in [0.25, 0.3) is 0 Å². The molecule has 1 aromatic rings. The maximum atomic E-state index is 11.1. The Morgan fingerprint density at radius 1 is 1.47 bits per heavy atom. The van der Waals surface area contributed by atoms with Crippen molar-refractivity contribution in [3.05, 3.63) is 18.1 Å². The fraction of sp³-hybridized carbons (Fsp3) is 0.500. The molecule has 0 radical (unpaired) electrons. The Morgan fingerprint density at radius 2 is 2.24 bits per heavy atom. The van der Waals surface area contributed by atoms with Crippen molar-refractivity contribution >= 4 is 22.6 Å². The average molecular weight is 257 g/mol. The van der Waals surface area contributed by atoms with E-state index in [9.17, 15) is 9.00 Å². The summed E-state index contributed by atoms with van der Waals surface area (Å²) in [7, 11) is 0.521. The summed E-state index contributed by atoms with van der Waals surface area (Å²) in [5, 5.41) is 3.02. The molecule has 1 atom stereocenters. The van der Waals surface area contributed by atoms with Gasteiger partial charge >= 0.3 is 5.97 Å². The third-order valence-electron chi connectivity index (χ3n) is 1.96. The normalized spacial score (nSPS) is 11.9. The van der Waals surface area contributed by atoms with Gasteiger partial charge in [0.1, 0.15) is 5.82 Å². The Kier molecular flexibility index (Phi) is 5.55. The number of hydrogen-bond acceptors (Lipinski definition) is 6. The van der Waals surface area contributed by atoms with Crippen LogP contribution in [0.5, 0.6) is 0 Å². The van der Waals surface area contributed by atoms with Crippen LogP contribution in [0, 0.1) is 0 Å². The molecule has 0 aliphatic heterocycles. The lowest BCUT2D eigenvalue weighted by Crippen LogP contribution is -2.09. The Balaban J connectivity index is 2.40. The van der Waals surface area contributed by atoms with Gasteiger partial charge < -0.3 is 10.1 Å². The van der Waals surface area contributed by atoms with Crippen LogP contribution in [-0.2, 0) is 15.5 Å². The largest absolute Gasteiger partial charge is 0.464 e. The summed E-state index contributed by atoms with van der Waals surface area (Å²) in [5.74, 6) is 0.727. The molecule has 17 heavy (non-hydrogen) atoms. The van der Waals surface area contributed by atoms with E-state index in [0.29, 0.717) is 18.1 Å². The zero-order valence-electron chi connectivity index (χ0n) is 9.80. The number of nitrogens with one attached hydrogen (secondary N) is 1. The second kappa shape index (κ2) is 6.95. The van der Waals surface area contributed by atoms with Crippen LogP contribution in [0.3, 0.4) is 0 Å². The van der Waals surface area contributed by atoms with E-state index in [-0.39, 0.29) is 5.69 Å². The molecule has 0 amide bonds. The molecule has 1 rings (SSSR count). The summed E-state index contributed by atoms with van der Waals surface area (Å²) in [6, 6.07) is 0. The maximum absolute atomic E-state index is 11.1. The van der Waals surface area contributed by atoms with Crippen LogP contribution in [0.2, 0.25) is 0 Å². The first kappa shape index (κ1) is 13.6. The van der Waals surface area contributed by atoms with Crippen LogP contribution < -0.4 is 5.32 Å². The lowest BCUT2D eigenvalue weighted by Gasteiger charge is -2.04. The smallest absolute Gasteiger partial charge is 0.358 e. The monoisotopic (exact) mass is 257 g/mol. The van der Waals surface area contributed by atoms with Gasteiger partial charge in [-0.15, -0.1) is 0 Å². The van der Waals surface area contributed by atoms with E-state index in [2.05, 4.69) is 20.0 Å². The average Bonchev–Trinajstić information content (AvgIpc) is 2.34. The van der Waals surface area contributed by atoms with E-state index in [1.54, 1.807) is 6.26 Å². The van der Waals surface area contributed by atoms with Crippen LogP contribution in [0.4, 0.5) is 5.82 Å². The van der Waals surface area contributed by atoms with Crippen molar-refractivity contribution in [1.82, 2.24) is 9.97 Å². The molecule has 0 aromatic carbocycles. The van der Waals surface area contributed by atoms with E-state index in [1.165, 1.54) is 19.5 Å². The predicted molar refractivity (Wildman–Crippen MR) is 65.4 cm³/mol. The van der Waals surface area contributed by atoms with Crippen molar-refractivity contribution in [3.63, 3.8) is 0 Å². The van der Waals surface area contributed by atoms with Gasteiger partial charge in [-0.2, -0.15) is 0 Å². The van der Waals surface area contributed by atoms with Gasteiger partial charge in [0.05, 0.1) is 19.5 Å². The van der Waals surface area contributed by atoms with E-state index in [0.717, 1.165) is 6.42 Å². The summed E-state index contributed by atoms with van der Waals surface area (Å²) in [5.41, 5.74) is 0.174. The molecular formula is C10H15N3O3S. The van der Waals surface area contributed by atoms with Crippen molar-refractivity contribution < 1.29 is 13.7 Å². The zero-order valence-corrected chi connectivity index (χ0v) is 10.6. The highest BCUT2D eigenvalue weighted by atomic mass is 32.2. The van der Waals surface area contributed by atoms with Crippen LogP contribution >= 0.6 is 0 Å². The van der Waals surface area contributed by atoms with Crippen LogP contribution in [-0.4, -0.2) is 45.8 Å². The minimum absolute atomic E-state index is 0.174. The highest BCUT2D eigenvalue weighted by molar-refractivity contribution is 7.84. The van der Waals surface area contributed by atoms with Gasteiger partial charge in [-0.3, -0.25) is 4.21 Å². The molecule has 0 spiro atoms. The SMILES string of the molecule is COC(=O)c1cnc(NCCCS(C)=O)cn1. The molecule has 1 aromatic heterocycles. The van der Waals surface area contributed by atoms with Gasteiger partial charge in [0.15, 0.2) is 5.69 Å². The third kappa shape index (κ3) is 4.90. The van der Waals surface area contributed by atoms with E-state index in [4.69, 9.17) is 0 Å². The molecule has 0 bridgehead atoms. The summed E-state index contributed by atoms with van der Waals surface area (Å²) in [6.45, 7) is 0.672. The highest BCUT2D eigenvalue weighted by Gasteiger charge is 2.06. The van der Waals surface area contributed by atoms with Crippen molar-refractivity contribution in [2.75, 3.05) is 31.0 Å². The Hall–Kier alpha value is -1.50. The lowest BCUT2D eigenvalue weighted by atomic mass is 10.4. The number of nitrogens with zero attached hydrogens (tertiary/aromatic N) is 2. The molecule has 7 heteroatoms. The van der Waals surface area contributed by atoms with E-state index < -0.39 is 16.8 Å². The molecule has 6 nitrogen and oxygen atoms in total. The number of carbonyl (C=O) groups is 1. The molecule has 0 aliphatic rings. The molecule has 1 unspecified atom stereocenters. The number of aromatic nitrogens is 2. The standard InChI is InChI=1S/C10H15N3O3S/c1-16-10(14)8-6-13-9(7-12-8)11-4-3-5-17(2)15/h6-7H,3-5H2,1-2H3,(H,11,13). The molecule has 1 N–H and O–H groups in total. The topological polar surface area (TPSA) is 81.2 Å². The van der Waals surface area contributed by atoms with E-state index >= 15 is 0 Å². The van der Waals surface area contributed by atoms with E-state index in [1.807, 2.05) is 0 Å². The summed E-state index contributed by atoms with van der Waals surface area (Å²) in [6.07, 6.45) is 5.29. The fourth-order valence-corrected chi connectivity index (χ4v) is 1.67. The van der Waals surface area contributed by atoms with Gasteiger partial charge in [-0.25, -0.2) is 14.8 Å². The fourth-order valence-electron chi connectivity index (χ4n) is 1.12. The van der Waals surface area contributed by atoms with Gasteiger partial charge in [-0.05, 0) is 6.42 Å². The number of rotatable bonds is 6. The van der Waals surface area contributed by atoms with Crippen LogP contribution in [0.15, 0.2) is 12.4 Å². The third-order valence-corrected chi connectivity index (χ3v) is 2.82. The number of anilines is 1. The minimum Gasteiger partial charge on any atom is -0.464 e. The molecule has 0 saturated carbocycles. The van der Waals surface area contributed by atoms with Gasteiger partial charge in [0.2, 0.25) is 0 Å². The Labute approximate surface area is 102 Å². The van der Waals surface area contributed by atoms with Crippen molar-refractivity contribution in [2.24, 2.45) is 0 Å². The lowest BCUT2D eigenvalue weighted by molar-refractivity contribution is 0.0593. The first-order chi connectivity index (χ1) is 8.13. The Bertz CT molecular complexity index is 394. The molecule has 1 heterocycles. The zero-order chi connectivity index (χ0) is 12.7. The van der Waals surface area contributed by atoms with Crippen LogP contribution in [0.1, 0.15) is 16.9 Å². The number of hydrogen-bond donors (Lipinski definition) is 1. The van der Waals surface area contributed by atoms with Gasteiger partial charge in [0, 0.05) is 29.4 Å². The van der Waals surface area contributed by atoms with Crippen molar-refractivity contribution in [1.29, 1.82) is 0 Å². The van der Waals surface area contributed by atoms with Gasteiger partial charge in [-0.1, -0.05) is 0 Å². The van der Waals surface area contributed by atoms with Crippen LogP contribution in [0.25, 0.3) is 0 Å². The number of ether oxygens (including phenoxy) is 1. The minimum atomic E-state index is -0.772. The first-order valence-corrected chi connectivity index (χ1v) is 6.80. The van der Waals surface area contributed by atoms with Crippen molar-refractivity contribution in [2.45, 2.75) is 6.42 Å². The van der Waals surface area contributed by atoms with Crippen molar-refractivity contribution in [3.8, 4) is 0 Å². The molecule has 94 valence electrons. The maximum Gasteiger partial charge on any atom is 0.358 e.